The molecule has 6 heteroatoms. The highest BCUT2D eigenvalue weighted by atomic mass is 16.5. The molecule has 1 aliphatic rings. The molecule has 1 heterocycles. The SMILES string of the molecule is COC(=O)N1CCN(CCOc2ccc(O)cc2)CC1. The van der Waals surface area contributed by atoms with E-state index in [-0.39, 0.29) is 11.8 Å². The smallest absolute Gasteiger partial charge is 0.409 e. The molecule has 0 spiro atoms. The van der Waals surface area contributed by atoms with Crippen LogP contribution in [0.5, 0.6) is 11.5 Å². The molecule has 1 amide bonds. The van der Waals surface area contributed by atoms with Gasteiger partial charge in [-0.2, -0.15) is 0 Å². The van der Waals surface area contributed by atoms with Crippen molar-refractivity contribution in [2.24, 2.45) is 0 Å². The summed E-state index contributed by atoms with van der Waals surface area (Å²) >= 11 is 0. The molecule has 6 nitrogen and oxygen atoms in total. The van der Waals surface area contributed by atoms with Crippen LogP contribution >= 0.6 is 0 Å². The number of carbonyl (C=O) groups is 1. The Morgan fingerprint density at radius 2 is 1.85 bits per heavy atom. The monoisotopic (exact) mass is 280 g/mol. The Kier molecular flexibility index (Phi) is 5.06. The number of methoxy groups -OCH3 is 1. The second kappa shape index (κ2) is 7.00. The second-order valence-corrected chi connectivity index (χ2v) is 4.64. The lowest BCUT2D eigenvalue weighted by molar-refractivity contribution is 0.0860. The van der Waals surface area contributed by atoms with E-state index < -0.39 is 0 Å². The van der Waals surface area contributed by atoms with Gasteiger partial charge >= 0.3 is 6.09 Å². The molecule has 1 aromatic rings. The van der Waals surface area contributed by atoms with Crippen molar-refractivity contribution in [2.75, 3.05) is 46.4 Å². The van der Waals surface area contributed by atoms with Gasteiger partial charge in [-0.1, -0.05) is 0 Å². The molecular formula is C14H20N2O4. The Morgan fingerprint density at radius 1 is 1.20 bits per heavy atom. The lowest BCUT2D eigenvalue weighted by Gasteiger charge is -2.33. The van der Waals surface area contributed by atoms with Gasteiger partial charge in [0.25, 0.3) is 0 Å². The average molecular weight is 280 g/mol. The number of nitrogens with zero attached hydrogens (tertiary/aromatic N) is 2. The van der Waals surface area contributed by atoms with E-state index in [2.05, 4.69) is 4.90 Å². The first kappa shape index (κ1) is 14.5. The minimum Gasteiger partial charge on any atom is -0.508 e. The molecular weight excluding hydrogens is 260 g/mol. The van der Waals surface area contributed by atoms with E-state index in [1.807, 2.05) is 0 Å². The Morgan fingerprint density at radius 3 is 2.45 bits per heavy atom. The van der Waals surface area contributed by atoms with E-state index in [1.54, 1.807) is 29.2 Å². The van der Waals surface area contributed by atoms with Crippen LogP contribution in [0.3, 0.4) is 0 Å². The molecule has 1 N–H and O–H groups in total. The van der Waals surface area contributed by atoms with Crippen molar-refractivity contribution in [1.29, 1.82) is 0 Å². The molecule has 0 aliphatic carbocycles. The van der Waals surface area contributed by atoms with Crippen molar-refractivity contribution in [3.05, 3.63) is 24.3 Å². The number of aromatic hydroxyl groups is 1. The van der Waals surface area contributed by atoms with Crippen LogP contribution in [0.25, 0.3) is 0 Å². The van der Waals surface area contributed by atoms with Crippen LogP contribution in [0.2, 0.25) is 0 Å². The highest BCUT2D eigenvalue weighted by Gasteiger charge is 2.20. The first-order chi connectivity index (χ1) is 9.69. The highest BCUT2D eigenvalue weighted by molar-refractivity contribution is 5.67. The topological polar surface area (TPSA) is 62.2 Å². The molecule has 20 heavy (non-hydrogen) atoms. The minimum absolute atomic E-state index is 0.233. The number of piperazine rings is 1. The highest BCUT2D eigenvalue weighted by Crippen LogP contribution is 2.15. The Balaban J connectivity index is 1.66. The molecule has 2 rings (SSSR count). The van der Waals surface area contributed by atoms with Gasteiger partial charge in [0.2, 0.25) is 0 Å². The number of benzene rings is 1. The molecule has 1 saturated heterocycles. The lowest BCUT2D eigenvalue weighted by Crippen LogP contribution is -2.49. The molecule has 1 aromatic carbocycles. The molecule has 0 aromatic heterocycles. The zero-order chi connectivity index (χ0) is 14.4. The fraction of sp³-hybridized carbons (Fsp3) is 0.500. The number of phenolic OH excluding ortho intramolecular Hbond substituents is 1. The average Bonchev–Trinajstić information content (AvgIpc) is 2.49. The van der Waals surface area contributed by atoms with E-state index >= 15 is 0 Å². The quantitative estimate of drug-likeness (QED) is 0.896. The Labute approximate surface area is 118 Å². The summed E-state index contributed by atoms with van der Waals surface area (Å²) in [6, 6.07) is 6.68. The van der Waals surface area contributed by atoms with Gasteiger partial charge in [0.15, 0.2) is 0 Å². The van der Waals surface area contributed by atoms with Gasteiger partial charge in [-0.15, -0.1) is 0 Å². The van der Waals surface area contributed by atoms with E-state index in [9.17, 15) is 4.79 Å². The van der Waals surface area contributed by atoms with Crippen LogP contribution in [0.4, 0.5) is 4.79 Å². The molecule has 0 saturated carbocycles. The molecule has 1 fully saturated rings. The number of phenols is 1. The molecule has 110 valence electrons. The van der Waals surface area contributed by atoms with Crippen molar-refractivity contribution in [3.63, 3.8) is 0 Å². The summed E-state index contributed by atoms with van der Waals surface area (Å²) in [4.78, 5) is 15.3. The number of rotatable bonds is 4. The van der Waals surface area contributed by atoms with Crippen molar-refractivity contribution in [3.8, 4) is 11.5 Å². The summed E-state index contributed by atoms with van der Waals surface area (Å²) in [5, 5.41) is 9.17. The Hall–Kier alpha value is -1.95. The van der Waals surface area contributed by atoms with Gasteiger partial charge < -0.3 is 19.5 Å². The van der Waals surface area contributed by atoms with Crippen LogP contribution < -0.4 is 4.74 Å². The predicted molar refractivity (Wildman–Crippen MR) is 74.0 cm³/mol. The maximum Gasteiger partial charge on any atom is 0.409 e. The van der Waals surface area contributed by atoms with Gasteiger partial charge in [0.1, 0.15) is 18.1 Å². The van der Waals surface area contributed by atoms with E-state index in [0.717, 1.165) is 25.4 Å². The summed E-state index contributed by atoms with van der Waals surface area (Å²) in [5.74, 6) is 0.979. The van der Waals surface area contributed by atoms with Crippen LogP contribution in [0.1, 0.15) is 0 Å². The maximum atomic E-state index is 11.3. The van der Waals surface area contributed by atoms with Crippen molar-refractivity contribution in [2.45, 2.75) is 0 Å². The third kappa shape index (κ3) is 4.03. The molecule has 0 atom stereocenters. The molecule has 0 bridgehead atoms. The van der Waals surface area contributed by atoms with E-state index in [4.69, 9.17) is 14.6 Å². The van der Waals surface area contributed by atoms with Crippen molar-refractivity contribution < 1.29 is 19.4 Å². The number of hydrogen-bond acceptors (Lipinski definition) is 5. The third-order valence-corrected chi connectivity index (χ3v) is 3.32. The summed E-state index contributed by atoms with van der Waals surface area (Å²) in [6.07, 6.45) is -0.259. The third-order valence-electron chi connectivity index (χ3n) is 3.32. The fourth-order valence-corrected chi connectivity index (χ4v) is 2.12. The predicted octanol–water partition coefficient (Wildman–Crippen LogP) is 1.15. The van der Waals surface area contributed by atoms with Gasteiger partial charge in [-0.25, -0.2) is 4.79 Å². The van der Waals surface area contributed by atoms with Crippen LogP contribution in [0, 0.1) is 0 Å². The number of ether oxygens (including phenoxy) is 2. The van der Waals surface area contributed by atoms with Gasteiger partial charge in [0.05, 0.1) is 7.11 Å². The number of amides is 1. The van der Waals surface area contributed by atoms with Gasteiger partial charge in [0, 0.05) is 32.7 Å². The molecule has 0 unspecified atom stereocenters. The zero-order valence-electron chi connectivity index (χ0n) is 11.6. The number of carbonyl (C=O) groups excluding carboxylic acids is 1. The summed E-state index contributed by atoms with van der Waals surface area (Å²) < 4.78 is 10.3. The van der Waals surface area contributed by atoms with Crippen molar-refractivity contribution >= 4 is 6.09 Å². The summed E-state index contributed by atoms with van der Waals surface area (Å²) in [5.41, 5.74) is 0. The fourth-order valence-electron chi connectivity index (χ4n) is 2.12. The standard InChI is InChI=1S/C14H20N2O4/c1-19-14(18)16-8-6-15(7-9-16)10-11-20-13-4-2-12(17)3-5-13/h2-5,17H,6-11H2,1H3. The summed E-state index contributed by atoms with van der Waals surface area (Å²) in [6.45, 7) is 4.43. The lowest BCUT2D eigenvalue weighted by atomic mass is 10.3. The van der Waals surface area contributed by atoms with E-state index in [1.165, 1.54) is 7.11 Å². The van der Waals surface area contributed by atoms with Crippen LogP contribution in [0.15, 0.2) is 24.3 Å². The largest absolute Gasteiger partial charge is 0.508 e. The normalized spacial score (nSPS) is 15.9. The first-order valence-corrected chi connectivity index (χ1v) is 6.66. The van der Waals surface area contributed by atoms with Crippen LogP contribution in [-0.4, -0.2) is 67.4 Å². The van der Waals surface area contributed by atoms with E-state index in [0.29, 0.717) is 19.7 Å². The number of hydrogen-bond donors (Lipinski definition) is 1. The summed E-state index contributed by atoms with van der Waals surface area (Å²) in [7, 11) is 1.40. The maximum absolute atomic E-state index is 11.3. The minimum atomic E-state index is -0.259. The first-order valence-electron chi connectivity index (χ1n) is 6.66. The van der Waals surface area contributed by atoms with Crippen LogP contribution in [-0.2, 0) is 4.74 Å². The second-order valence-electron chi connectivity index (χ2n) is 4.64. The molecule has 0 radical (unpaired) electrons. The van der Waals surface area contributed by atoms with Crippen molar-refractivity contribution in [1.82, 2.24) is 9.80 Å². The zero-order valence-corrected chi connectivity index (χ0v) is 11.6. The van der Waals surface area contributed by atoms with Gasteiger partial charge in [-0.05, 0) is 24.3 Å². The van der Waals surface area contributed by atoms with Gasteiger partial charge in [-0.3, -0.25) is 4.90 Å². The molecule has 1 aliphatic heterocycles. The Bertz CT molecular complexity index is 427.